The van der Waals surface area contributed by atoms with Gasteiger partial charge in [-0.05, 0) is 6.92 Å². The van der Waals surface area contributed by atoms with Crippen molar-refractivity contribution < 1.29 is 4.79 Å². The Morgan fingerprint density at radius 3 is 2.08 bits per heavy atom. The van der Waals surface area contributed by atoms with Crippen LogP contribution in [0.2, 0.25) is 0 Å². The van der Waals surface area contributed by atoms with Crippen molar-refractivity contribution in [3.8, 4) is 0 Å². The first-order chi connectivity index (χ1) is 6.15. The average Bonchev–Trinajstić information content (AvgIpc) is 2.17. The van der Waals surface area contributed by atoms with E-state index in [1.165, 1.54) is 0 Å². The molecule has 0 aromatic carbocycles. The van der Waals surface area contributed by atoms with Gasteiger partial charge in [0, 0.05) is 38.9 Å². The molecule has 0 aromatic heterocycles. The van der Waals surface area contributed by atoms with Gasteiger partial charge in [0.1, 0.15) is 0 Å². The normalized spacial score (nSPS) is 17.1. The predicted molar refractivity (Wildman–Crippen MR) is 52.4 cm³/mol. The third-order valence-electron chi connectivity index (χ3n) is 2.32. The molecule has 0 spiro atoms. The summed E-state index contributed by atoms with van der Waals surface area (Å²) in [6, 6.07) is 0.0152. The van der Waals surface area contributed by atoms with Gasteiger partial charge in [-0.3, -0.25) is 0 Å². The number of urea groups is 1. The molecule has 0 atom stereocenters. The predicted octanol–water partition coefficient (Wildman–Crippen LogP) is 0.477. The van der Waals surface area contributed by atoms with Gasteiger partial charge in [-0.1, -0.05) is 6.58 Å². The largest absolute Gasteiger partial charge is 0.372 e. The summed E-state index contributed by atoms with van der Waals surface area (Å²) in [6.45, 7) is 9.22. The lowest BCUT2D eigenvalue weighted by atomic mass is 10.3. The van der Waals surface area contributed by atoms with E-state index in [-0.39, 0.29) is 6.03 Å². The second-order valence-electron chi connectivity index (χ2n) is 3.26. The Labute approximate surface area is 79.2 Å². The molecular formula is C9H17N3O. The van der Waals surface area contributed by atoms with Crippen LogP contribution in [0.1, 0.15) is 6.92 Å². The molecule has 1 heterocycles. The van der Waals surface area contributed by atoms with Crippen LogP contribution >= 0.6 is 0 Å². The van der Waals surface area contributed by atoms with Gasteiger partial charge < -0.3 is 15.1 Å². The highest BCUT2D eigenvalue weighted by Crippen LogP contribution is 2.06. The third kappa shape index (κ3) is 2.37. The van der Waals surface area contributed by atoms with E-state index in [4.69, 9.17) is 0 Å². The van der Waals surface area contributed by atoms with E-state index >= 15 is 0 Å². The smallest absolute Gasteiger partial charge is 0.317 e. The van der Waals surface area contributed by atoms with Crippen molar-refractivity contribution in [3.63, 3.8) is 0 Å². The SMILES string of the molecule is C=C(C)N1CCN(C(=O)NC)CC1. The average molecular weight is 183 g/mol. The number of piperazine rings is 1. The van der Waals surface area contributed by atoms with E-state index in [1.807, 2.05) is 11.8 Å². The zero-order chi connectivity index (χ0) is 9.84. The minimum atomic E-state index is 0.0152. The maximum absolute atomic E-state index is 11.2. The Bertz CT molecular complexity index is 207. The van der Waals surface area contributed by atoms with Crippen molar-refractivity contribution in [2.45, 2.75) is 6.92 Å². The quantitative estimate of drug-likeness (QED) is 0.641. The summed E-state index contributed by atoms with van der Waals surface area (Å²) in [5.74, 6) is 0. The molecule has 74 valence electrons. The van der Waals surface area contributed by atoms with Gasteiger partial charge in [-0.15, -0.1) is 0 Å². The highest BCUT2D eigenvalue weighted by molar-refractivity contribution is 5.73. The molecule has 1 saturated heterocycles. The number of nitrogens with one attached hydrogen (secondary N) is 1. The fourth-order valence-electron chi connectivity index (χ4n) is 1.45. The summed E-state index contributed by atoms with van der Waals surface area (Å²) in [6.07, 6.45) is 0. The fraction of sp³-hybridized carbons (Fsp3) is 0.667. The molecule has 4 heteroatoms. The minimum absolute atomic E-state index is 0.0152. The van der Waals surface area contributed by atoms with Crippen LogP contribution in [0.4, 0.5) is 4.79 Å². The standard InChI is InChI=1S/C9H17N3O/c1-8(2)11-4-6-12(7-5-11)9(13)10-3/h1,4-7H2,2-3H3,(H,10,13). The van der Waals surface area contributed by atoms with E-state index in [0.717, 1.165) is 31.9 Å². The van der Waals surface area contributed by atoms with Crippen LogP contribution in [0.3, 0.4) is 0 Å². The molecule has 1 N–H and O–H groups in total. The molecule has 2 amide bonds. The Morgan fingerprint density at radius 2 is 1.69 bits per heavy atom. The molecule has 0 bridgehead atoms. The second kappa shape index (κ2) is 4.16. The molecule has 1 fully saturated rings. The number of carbonyl (C=O) groups is 1. The first-order valence-corrected chi connectivity index (χ1v) is 4.52. The van der Waals surface area contributed by atoms with Crippen LogP contribution in [0.25, 0.3) is 0 Å². The number of amides is 2. The van der Waals surface area contributed by atoms with E-state index < -0.39 is 0 Å². The Kier molecular flexibility index (Phi) is 3.17. The Morgan fingerprint density at radius 1 is 1.23 bits per heavy atom. The van der Waals surface area contributed by atoms with Crippen molar-refractivity contribution in [1.29, 1.82) is 0 Å². The van der Waals surface area contributed by atoms with Crippen LogP contribution < -0.4 is 5.32 Å². The van der Waals surface area contributed by atoms with Gasteiger partial charge in [0.05, 0.1) is 0 Å². The van der Waals surface area contributed by atoms with Crippen LogP contribution in [0.15, 0.2) is 12.3 Å². The maximum Gasteiger partial charge on any atom is 0.317 e. The highest BCUT2D eigenvalue weighted by atomic mass is 16.2. The molecular weight excluding hydrogens is 166 g/mol. The molecule has 13 heavy (non-hydrogen) atoms. The van der Waals surface area contributed by atoms with Crippen LogP contribution in [0, 0.1) is 0 Å². The van der Waals surface area contributed by atoms with E-state index in [0.29, 0.717) is 0 Å². The number of hydrogen-bond donors (Lipinski definition) is 1. The monoisotopic (exact) mass is 183 g/mol. The molecule has 0 unspecified atom stereocenters. The zero-order valence-corrected chi connectivity index (χ0v) is 8.34. The van der Waals surface area contributed by atoms with Gasteiger partial charge >= 0.3 is 6.03 Å². The maximum atomic E-state index is 11.2. The summed E-state index contributed by atoms with van der Waals surface area (Å²) < 4.78 is 0. The molecule has 4 nitrogen and oxygen atoms in total. The van der Waals surface area contributed by atoms with E-state index in [1.54, 1.807) is 7.05 Å². The van der Waals surface area contributed by atoms with Crippen molar-refractivity contribution in [3.05, 3.63) is 12.3 Å². The Balaban J connectivity index is 2.39. The number of hydrogen-bond acceptors (Lipinski definition) is 2. The van der Waals surface area contributed by atoms with Crippen LogP contribution in [-0.2, 0) is 0 Å². The number of carbonyl (C=O) groups excluding carboxylic acids is 1. The van der Waals surface area contributed by atoms with Crippen LogP contribution in [-0.4, -0.2) is 49.1 Å². The first-order valence-electron chi connectivity index (χ1n) is 4.52. The lowest BCUT2D eigenvalue weighted by Gasteiger charge is -2.35. The summed E-state index contributed by atoms with van der Waals surface area (Å²) in [7, 11) is 1.66. The molecule has 1 aliphatic heterocycles. The van der Waals surface area contributed by atoms with Gasteiger partial charge in [0.25, 0.3) is 0 Å². The summed E-state index contributed by atoms with van der Waals surface area (Å²) in [5.41, 5.74) is 1.08. The van der Waals surface area contributed by atoms with Crippen molar-refractivity contribution in [2.24, 2.45) is 0 Å². The second-order valence-corrected chi connectivity index (χ2v) is 3.26. The summed E-state index contributed by atoms with van der Waals surface area (Å²) in [5, 5.41) is 2.62. The van der Waals surface area contributed by atoms with Gasteiger partial charge in [0.2, 0.25) is 0 Å². The lowest BCUT2D eigenvalue weighted by molar-refractivity contribution is 0.159. The molecule has 0 aliphatic carbocycles. The van der Waals surface area contributed by atoms with Gasteiger partial charge in [-0.25, -0.2) is 4.79 Å². The van der Waals surface area contributed by atoms with Crippen molar-refractivity contribution in [1.82, 2.24) is 15.1 Å². The van der Waals surface area contributed by atoms with Gasteiger partial charge in [-0.2, -0.15) is 0 Å². The lowest BCUT2D eigenvalue weighted by Crippen LogP contribution is -2.50. The Hall–Kier alpha value is -1.19. The van der Waals surface area contributed by atoms with Crippen molar-refractivity contribution >= 4 is 6.03 Å². The molecule has 0 saturated carbocycles. The number of rotatable bonds is 1. The summed E-state index contributed by atoms with van der Waals surface area (Å²) in [4.78, 5) is 15.2. The molecule has 0 radical (unpaired) electrons. The highest BCUT2D eigenvalue weighted by Gasteiger charge is 2.19. The topological polar surface area (TPSA) is 35.6 Å². The summed E-state index contributed by atoms with van der Waals surface area (Å²) >= 11 is 0. The number of allylic oxidation sites excluding steroid dienone is 1. The minimum Gasteiger partial charge on any atom is -0.372 e. The molecule has 0 aromatic rings. The van der Waals surface area contributed by atoms with E-state index in [9.17, 15) is 4.79 Å². The fourth-order valence-corrected chi connectivity index (χ4v) is 1.45. The molecule has 1 aliphatic rings. The van der Waals surface area contributed by atoms with E-state index in [2.05, 4.69) is 16.8 Å². The van der Waals surface area contributed by atoms with Crippen molar-refractivity contribution in [2.75, 3.05) is 33.2 Å². The first kappa shape index (κ1) is 9.89. The third-order valence-corrected chi connectivity index (χ3v) is 2.32. The number of nitrogens with zero attached hydrogens (tertiary/aromatic N) is 2. The van der Waals surface area contributed by atoms with Gasteiger partial charge in [0.15, 0.2) is 0 Å². The zero-order valence-electron chi connectivity index (χ0n) is 8.34. The van der Waals surface area contributed by atoms with Crippen LogP contribution in [0.5, 0.6) is 0 Å². The molecule has 1 rings (SSSR count).